The molecule has 1 aromatic carbocycles. The summed E-state index contributed by atoms with van der Waals surface area (Å²) in [6, 6.07) is 5.61. The second-order valence-electron chi connectivity index (χ2n) is 5.58. The first-order chi connectivity index (χ1) is 12.5. The number of urea groups is 1. The van der Waals surface area contributed by atoms with Crippen LogP contribution in [0, 0.1) is 5.82 Å². The van der Waals surface area contributed by atoms with Crippen LogP contribution in [-0.4, -0.2) is 45.4 Å². The van der Waals surface area contributed by atoms with Gasteiger partial charge in [0.25, 0.3) is 11.1 Å². The van der Waals surface area contributed by atoms with Gasteiger partial charge in [0.05, 0.1) is 5.25 Å². The van der Waals surface area contributed by atoms with Gasteiger partial charge in [-0.3, -0.25) is 9.69 Å². The Morgan fingerprint density at radius 1 is 1.38 bits per heavy atom. The number of rotatable bonds is 6. The maximum Gasteiger partial charge on any atom is 0.324 e. The van der Waals surface area contributed by atoms with Gasteiger partial charge in [-0.25, -0.2) is 9.18 Å². The predicted octanol–water partition coefficient (Wildman–Crippen LogP) is 2.38. The molecule has 138 valence electrons. The molecule has 8 nitrogen and oxygen atoms in total. The van der Waals surface area contributed by atoms with E-state index in [0.717, 1.165) is 16.7 Å². The summed E-state index contributed by atoms with van der Waals surface area (Å²) in [5, 5.41) is 9.92. The highest BCUT2D eigenvalue weighted by atomic mass is 32.2. The van der Waals surface area contributed by atoms with Crippen molar-refractivity contribution < 1.29 is 23.1 Å². The molecule has 2 aromatic rings. The van der Waals surface area contributed by atoms with Gasteiger partial charge in [0.15, 0.2) is 17.7 Å². The number of hydrogen-bond acceptors (Lipinski definition) is 7. The van der Waals surface area contributed by atoms with Gasteiger partial charge in [-0.05, 0) is 26.0 Å². The average Bonchev–Trinajstić information content (AvgIpc) is 3.25. The highest BCUT2D eigenvalue weighted by molar-refractivity contribution is 8.00. The van der Waals surface area contributed by atoms with E-state index in [9.17, 15) is 14.0 Å². The van der Waals surface area contributed by atoms with E-state index in [1.54, 1.807) is 26.0 Å². The molecule has 0 radical (unpaired) electrons. The van der Waals surface area contributed by atoms with Gasteiger partial charge in [0.1, 0.15) is 0 Å². The number of halogens is 1. The van der Waals surface area contributed by atoms with Crippen LogP contribution in [0.2, 0.25) is 0 Å². The lowest BCUT2D eigenvalue weighted by Gasteiger charge is -2.15. The van der Waals surface area contributed by atoms with Crippen molar-refractivity contribution in [1.82, 2.24) is 20.4 Å². The Balaban J connectivity index is 1.61. The first kappa shape index (κ1) is 18.2. The summed E-state index contributed by atoms with van der Waals surface area (Å²) in [7, 11) is 0. The van der Waals surface area contributed by atoms with E-state index in [-0.39, 0.29) is 22.8 Å². The van der Waals surface area contributed by atoms with Gasteiger partial charge in [-0.1, -0.05) is 23.9 Å². The number of para-hydroxylation sites is 1. The van der Waals surface area contributed by atoms with Crippen LogP contribution < -0.4 is 10.1 Å². The highest BCUT2D eigenvalue weighted by Gasteiger charge is 2.31. The number of benzene rings is 1. The number of carbonyl (C=O) groups excluding carboxylic acids is 2. The number of nitrogens with zero attached hydrogens (tertiary/aromatic N) is 3. The van der Waals surface area contributed by atoms with Crippen molar-refractivity contribution in [3.8, 4) is 5.75 Å². The maximum absolute atomic E-state index is 13.6. The van der Waals surface area contributed by atoms with E-state index in [0.29, 0.717) is 13.1 Å². The Bertz CT molecular complexity index is 815. The largest absolute Gasteiger partial charge is 0.478 e. The number of hydrogen-bond donors (Lipinski definition) is 1. The molecular formula is C16H17FN4O4S. The van der Waals surface area contributed by atoms with Crippen LogP contribution in [0.25, 0.3) is 0 Å². The van der Waals surface area contributed by atoms with Crippen molar-refractivity contribution in [3.63, 3.8) is 0 Å². The molecule has 2 atom stereocenters. The zero-order valence-electron chi connectivity index (χ0n) is 14.1. The lowest BCUT2D eigenvalue weighted by Crippen LogP contribution is -2.38. The standard InChI is InChI=1S/C16H17FN4O4S/c1-9(24-12-6-4-3-5-11(12)17)13-19-20-16(25-13)26-10(2)14(22)21-8-7-18-15(21)23/h3-6,9-10H,7-8H2,1-2H3,(H,18,23)/t9-,10-/m1/s1. The minimum Gasteiger partial charge on any atom is -0.478 e. The first-order valence-corrected chi connectivity index (χ1v) is 8.84. The molecule has 3 rings (SSSR count). The van der Waals surface area contributed by atoms with Crippen LogP contribution >= 0.6 is 11.8 Å². The summed E-state index contributed by atoms with van der Waals surface area (Å²) in [6.45, 7) is 4.09. The Labute approximate surface area is 153 Å². The Morgan fingerprint density at radius 2 is 2.15 bits per heavy atom. The average molecular weight is 380 g/mol. The molecule has 3 amide bonds. The van der Waals surface area contributed by atoms with Crippen LogP contribution in [0.3, 0.4) is 0 Å². The second kappa shape index (κ2) is 7.73. The van der Waals surface area contributed by atoms with Crippen molar-refractivity contribution in [2.75, 3.05) is 13.1 Å². The molecule has 0 aliphatic carbocycles. The number of carbonyl (C=O) groups is 2. The molecule has 0 spiro atoms. The third-order valence-corrected chi connectivity index (χ3v) is 4.58. The van der Waals surface area contributed by atoms with Crippen LogP contribution in [0.5, 0.6) is 5.75 Å². The molecule has 26 heavy (non-hydrogen) atoms. The molecule has 10 heteroatoms. The quantitative estimate of drug-likeness (QED) is 0.769. The monoisotopic (exact) mass is 380 g/mol. The van der Waals surface area contributed by atoms with Gasteiger partial charge >= 0.3 is 6.03 Å². The smallest absolute Gasteiger partial charge is 0.324 e. The molecule has 1 aliphatic rings. The minimum atomic E-state index is -0.663. The normalized spacial score (nSPS) is 16.3. The van der Waals surface area contributed by atoms with Crippen molar-refractivity contribution in [2.24, 2.45) is 0 Å². The van der Waals surface area contributed by atoms with Crippen molar-refractivity contribution >= 4 is 23.7 Å². The maximum atomic E-state index is 13.6. The number of aromatic nitrogens is 2. The molecule has 1 fully saturated rings. The van der Waals surface area contributed by atoms with E-state index in [1.165, 1.54) is 12.1 Å². The Hall–Kier alpha value is -2.62. The van der Waals surface area contributed by atoms with Crippen LogP contribution in [0.1, 0.15) is 25.8 Å². The van der Waals surface area contributed by atoms with Crippen LogP contribution in [-0.2, 0) is 4.79 Å². The fourth-order valence-corrected chi connectivity index (χ4v) is 3.07. The summed E-state index contributed by atoms with van der Waals surface area (Å²) in [5.41, 5.74) is 0. The second-order valence-corrected chi connectivity index (χ2v) is 6.87. The van der Waals surface area contributed by atoms with E-state index in [2.05, 4.69) is 15.5 Å². The SMILES string of the molecule is C[C@@H](Sc1nnc([C@@H](C)Oc2ccccc2F)o1)C(=O)N1CCNC1=O. The Morgan fingerprint density at radius 3 is 2.85 bits per heavy atom. The number of nitrogens with one attached hydrogen (secondary N) is 1. The first-order valence-electron chi connectivity index (χ1n) is 7.96. The summed E-state index contributed by atoms with van der Waals surface area (Å²) in [6.07, 6.45) is -0.663. The topological polar surface area (TPSA) is 97.6 Å². The van der Waals surface area contributed by atoms with E-state index < -0.39 is 23.2 Å². The van der Waals surface area contributed by atoms with E-state index in [4.69, 9.17) is 9.15 Å². The van der Waals surface area contributed by atoms with Gasteiger partial charge in [-0.2, -0.15) is 0 Å². The third-order valence-electron chi connectivity index (χ3n) is 3.66. The summed E-state index contributed by atoms with van der Waals surface area (Å²) >= 11 is 1.05. The summed E-state index contributed by atoms with van der Waals surface area (Å²) < 4.78 is 24.6. The molecule has 2 heterocycles. The molecule has 0 unspecified atom stereocenters. The molecular weight excluding hydrogens is 363 g/mol. The highest BCUT2D eigenvalue weighted by Crippen LogP contribution is 2.28. The lowest BCUT2D eigenvalue weighted by molar-refractivity contribution is -0.126. The fraction of sp³-hybridized carbons (Fsp3) is 0.375. The van der Waals surface area contributed by atoms with Crippen molar-refractivity contribution in [1.29, 1.82) is 0 Å². The molecule has 1 N–H and O–H groups in total. The number of amides is 3. The van der Waals surface area contributed by atoms with Gasteiger partial charge in [0, 0.05) is 13.1 Å². The lowest BCUT2D eigenvalue weighted by atomic mass is 10.3. The summed E-state index contributed by atoms with van der Waals surface area (Å²) in [5.74, 6) is -0.581. The van der Waals surface area contributed by atoms with Gasteiger partial charge in [0.2, 0.25) is 5.91 Å². The number of ether oxygens (including phenoxy) is 1. The van der Waals surface area contributed by atoms with Crippen molar-refractivity contribution in [2.45, 2.75) is 30.4 Å². The summed E-state index contributed by atoms with van der Waals surface area (Å²) in [4.78, 5) is 25.0. The zero-order valence-corrected chi connectivity index (χ0v) is 15.0. The fourth-order valence-electron chi connectivity index (χ4n) is 2.32. The van der Waals surface area contributed by atoms with E-state index in [1.807, 2.05) is 0 Å². The van der Waals surface area contributed by atoms with Gasteiger partial charge in [-0.15, -0.1) is 10.2 Å². The molecule has 1 aliphatic heterocycles. The minimum absolute atomic E-state index is 0.0796. The predicted molar refractivity (Wildman–Crippen MR) is 90.2 cm³/mol. The Kier molecular flexibility index (Phi) is 5.40. The third kappa shape index (κ3) is 3.96. The molecule has 1 saturated heterocycles. The number of thioether (sulfide) groups is 1. The molecule has 1 aromatic heterocycles. The molecule has 0 bridgehead atoms. The van der Waals surface area contributed by atoms with Crippen LogP contribution in [0.4, 0.5) is 9.18 Å². The number of imide groups is 1. The van der Waals surface area contributed by atoms with Crippen LogP contribution in [0.15, 0.2) is 33.9 Å². The van der Waals surface area contributed by atoms with Crippen molar-refractivity contribution in [3.05, 3.63) is 36.0 Å². The van der Waals surface area contributed by atoms with Gasteiger partial charge < -0.3 is 14.5 Å². The molecule has 0 saturated carbocycles. The van der Waals surface area contributed by atoms with E-state index >= 15 is 0 Å². The zero-order chi connectivity index (χ0) is 18.7.